The molecule has 0 aliphatic carbocycles. The molecule has 1 rings (SSSR count). The molecule has 12 heavy (non-hydrogen) atoms. The van der Waals surface area contributed by atoms with Gasteiger partial charge in [-0.25, -0.2) is 4.39 Å². The van der Waals surface area contributed by atoms with Gasteiger partial charge in [-0.2, -0.15) is 0 Å². The number of anilines is 1. The third-order valence-electron chi connectivity index (χ3n) is 1.30. The normalized spacial score (nSPS) is 8.83. The van der Waals surface area contributed by atoms with Gasteiger partial charge in [-0.3, -0.25) is 0 Å². The summed E-state index contributed by atoms with van der Waals surface area (Å²) in [6.07, 6.45) is 0. The van der Waals surface area contributed by atoms with E-state index in [-0.39, 0.29) is 11.6 Å². The fourth-order valence-electron chi connectivity index (χ4n) is 0.757. The molecule has 1 aromatic rings. The van der Waals surface area contributed by atoms with E-state index in [4.69, 9.17) is 17.3 Å². The zero-order chi connectivity index (χ0) is 8.97. The highest BCUT2D eigenvalue weighted by Gasteiger charge is 1.96. The van der Waals surface area contributed by atoms with Gasteiger partial charge in [-0.1, -0.05) is 11.8 Å². The summed E-state index contributed by atoms with van der Waals surface area (Å²) in [6.45, 7) is 0. The summed E-state index contributed by atoms with van der Waals surface area (Å²) in [7, 11) is 0. The number of hydrogen-bond donors (Lipinski definition) is 1. The first-order valence-electron chi connectivity index (χ1n) is 3.34. The molecule has 0 saturated heterocycles. The first-order chi connectivity index (χ1) is 5.74. The SMILES string of the molecule is Nc1cc(C#CCCl)ccc1F. The molecule has 0 aliphatic rings. The maximum absolute atomic E-state index is 12.6. The van der Waals surface area contributed by atoms with Crippen molar-refractivity contribution in [3.8, 4) is 11.8 Å². The van der Waals surface area contributed by atoms with Gasteiger partial charge in [0, 0.05) is 5.56 Å². The van der Waals surface area contributed by atoms with E-state index in [1.165, 1.54) is 12.1 Å². The Labute approximate surface area is 75.3 Å². The molecule has 0 aromatic heterocycles. The van der Waals surface area contributed by atoms with Crippen molar-refractivity contribution in [2.24, 2.45) is 0 Å². The third kappa shape index (κ3) is 2.14. The molecule has 0 bridgehead atoms. The van der Waals surface area contributed by atoms with E-state index >= 15 is 0 Å². The van der Waals surface area contributed by atoms with E-state index in [9.17, 15) is 4.39 Å². The van der Waals surface area contributed by atoms with Crippen LogP contribution < -0.4 is 5.73 Å². The number of nitrogen functional groups attached to an aromatic ring is 1. The minimum absolute atomic E-state index is 0.108. The van der Waals surface area contributed by atoms with Crippen molar-refractivity contribution in [3.63, 3.8) is 0 Å². The van der Waals surface area contributed by atoms with Crippen molar-refractivity contribution >= 4 is 17.3 Å². The number of hydrogen-bond acceptors (Lipinski definition) is 1. The average Bonchev–Trinajstić information content (AvgIpc) is 2.07. The summed E-state index contributed by atoms with van der Waals surface area (Å²) in [5.41, 5.74) is 6.10. The Balaban J connectivity index is 2.97. The van der Waals surface area contributed by atoms with Crippen LogP contribution in [-0.4, -0.2) is 5.88 Å². The molecule has 0 saturated carbocycles. The highest BCUT2D eigenvalue weighted by Crippen LogP contribution is 2.10. The summed E-state index contributed by atoms with van der Waals surface area (Å²) in [4.78, 5) is 0. The molecule has 1 aromatic carbocycles. The zero-order valence-corrected chi connectivity index (χ0v) is 7.03. The van der Waals surface area contributed by atoms with Gasteiger partial charge in [-0.15, -0.1) is 11.6 Å². The van der Waals surface area contributed by atoms with Crippen LogP contribution in [0.25, 0.3) is 0 Å². The molecule has 0 heterocycles. The molecule has 1 nitrogen and oxygen atoms in total. The van der Waals surface area contributed by atoms with Crippen LogP contribution in [-0.2, 0) is 0 Å². The van der Waals surface area contributed by atoms with Crippen LogP contribution in [0.2, 0.25) is 0 Å². The van der Waals surface area contributed by atoms with Crippen LogP contribution in [0.1, 0.15) is 5.56 Å². The minimum atomic E-state index is -0.425. The molecule has 0 amide bonds. The number of halogens is 2. The van der Waals surface area contributed by atoms with Crippen molar-refractivity contribution < 1.29 is 4.39 Å². The molecule has 62 valence electrons. The topological polar surface area (TPSA) is 26.0 Å². The van der Waals surface area contributed by atoms with Crippen LogP contribution in [0.5, 0.6) is 0 Å². The summed E-state index contributed by atoms with van der Waals surface area (Å²) in [5.74, 6) is 5.22. The Bertz CT molecular complexity index is 338. The van der Waals surface area contributed by atoms with Gasteiger partial charge in [0.15, 0.2) is 0 Å². The number of alkyl halides is 1. The Hall–Kier alpha value is -1.20. The second-order valence-corrected chi connectivity index (χ2v) is 2.44. The van der Waals surface area contributed by atoms with E-state index in [0.29, 0.717) is 5.56 Å². The summed E-state index contributed by atoms with van der Waals surface area (Å²) >= 11 is 5.34. The molecule has 3 heteroatoms. The van der Waals surface area contributed by atoms with Gasteiger partial charge in [0.2, 0.25) is 0 Å². The van der Waals surface area contributed by atoms with Crippen LogP contribution in [0, 0.1) is 17.7 Å². The Morgan fingerprint density at radius 1 is 1.50 bits per heavy atom. The van der Waals surface area contributed by atoms with Gasteiger partial charge in [0.05, 0.1) is 11.6 Å². The Morgan fingerprint density at radius 3 is 2.83 bits per heavy atom. The lowest BCUT2D eigenvalue weighted by atomic mass is 10.2. The lowest BCUT2D eigenvalue weighted by molar-refractivity contribution is 0.632. The van der Waals surface area contributed by atoms with Crippen LogP contribution in [0.15, 0.2) is 18.2 Å². The van der Waals surface area contributed by atoms with Crippen molar-refractivity contribution in [1.82, 2.24) is 0 Å². The predicted molar refractivity (Wildman–Crippen MR) is 48.4 cm³/mol. The Kier molecular flexibility index (Phi) is 2.95. The second-order valence-electron chi connectivity index (χ2n) is 2.17. The first kappa shape index (κ1) is 8.89. The van der Waals surface area contributed by atoms with Crippen molar-refractivity contribution in [2.75, 3.05) is 11.6 Å². The maximum Gasteiger partial charge on any atom is 0.146 e. The Morgan fingerprint density at radius 2 is 2.25 bits per heavy atom. The van der Waals surface area contributed by atoms with E-state index in [1.807, 2.05) is 0 Å². The van der Waals surface area contributed by atoms with Gasteiger partial charge in [0.25, 0.3) is 0 Å². The summed E-state index contributed by atoms with van der Waals surface area (Å²) in [6, 6.07) is 4.33. The van der Waals surface area contributed by atoms with Crippen molar-refractivity contribution in [2.45, 2.75) is 0 Å². The molecule has 0 aliphatic heterocycles. The lowest BCUT2D eigenvalue weighted by Gasteiger charge is -1.95. The van der Waals surface area contributed by atoms with E-state index in [0.717, 1.165) is 0 Å². The van der Waals surface area contributed by atoms with Gasteiger partial charge in [-0.05, 0) is 18.2 Å². The van der Waals surface area contributed by atoms with E-state index in [2.05, 4.69) is 11.8 Å². The smallest absolute Gasteiger partial charge is 0.146 e. The van der Waals surface area contributed by atoms with Gasteiger partial charge < -0.3 is 5.73 Å². The second kappa shape index (κ2) is 3.99. The number of benzene rings is 1. The standard InChI is InChI=1S/C9H7ClFN/c10-5-1-2-7-3-4-8(11)9(12)6-7/h3-4,6H,5,12H2. The molecular formula is C9H7ClFN. The van der Waals surface area contributed by atoms with Crippen molar-refractivity contribution in [3.05, 3.63) is 29.6 Å². The summed E-state index contributed by atoms with van der Waals surface area (Å²) in [5, 5.41) is 0. The summed E-state index contributed by atoms with van der Waals surface area (Å²) < 4.78 is 12.6. The van der Waals surface area contributed by atoms with Crippen LogP contribution in [0.3, 0.4) is 0 Å². The van der Waals surface area contributed by atoms with E-state index < -0.39 is 5.82 Å². The molecular weight excluding hydrogens is 177 g/mol. The quantitative estimate of drug-likeness (QED) is 0.372. The average molecular weight is 184 g/mol. The van der Waals surface area contributed by atoms with E-state index in [1.54, 1.807) is 6.07 Å². The monoisotopic (exact) mass is 183 g/mol. The number of rotatable bonds is 0. The fourth-order valence-corrected chi connectivity index (χ4v) is 0.824. The van der Waals surface area contributed by atoms with Gasteiger partial charge in [0.1, 0.15) is 5.82 Å². The van der Waals surface area contributed by atoms with Crippen molar-refractivity contribution in [1.29, 1.82) is 0 Å². The molecule has 0 atom stereocenters. The predicted octanol–water partition coefficient (Wildman–Crippen LogP) is 2.00. The maximum atomic E-state index is 12.6. The highest BCUT2D eigenvalue weighted by molar-refractivity contribution is 6.19. The first-order valence-corrected chi connectivity index (χ1v) is 3.87. The third-order valence-corrected chi connectivity index (χ3v) is 1.43. The minimum Gasteiger partial charge on any atom is -0.396 e. The molecule has 0 fully saturated rings. The van der Waals surface area contributed by atoms with Gasteiger partial charge >= 0.3 is 0 Å². The molecule has 0 unspecified atom stereocenters. The highest BCUT2D eigenvalue weighted by atomic mass is 35.5. The zero-order valence-electron chi connectivity index (χ0n) is 6.27. The molecule has 0 spiro atoms. The number of nitrogens with two attached hydrogens (primary N) is 1. The largest absolute Gasteiger partial charge is 0.396 e. The fraction of sp³-hybridized carbons (Fsp3) is 0.111. The lowest BCUT2D eigenvalue weighted by Crippen LogP contribution is -1.90. The molecule has 2 N–H and O–H groups in total. The van der Waals surface area contributed by atoms with Crippen LogP contribution in [0.4, 0.5) is 10.1 Å². The molecule has 0 radical (unpaired) electrons. The van der Waals surface area contributed by atoms with Crippen LogP contribution >= 0.6 is 11.6 Å².